The summed E-state index contributed by atoms with van der Waals surface area (Å²) < 4.78 is 18.3. The van der Waals surface area contributed by atoms with E-state index in [1.54, 1.807) is 16.3 Å². The van der Waals surface area contributed by atoms with Crippen LogP contribution in [0, 0.1) is 17.1 Å². The minimum Gasteiger partial charge on any atom is -0.484 e. The molecular formula is C19H19FN4O3S. The number of anilines is 1. The molecule has 0 saturated carbocycles. The summed E-state index contributed by atoms with van der Waals surface area (Å²) in [5.41, 5.74) is 0.454. The van der Waals surface area contributed by atoms with Crippen LogP contribution in [-0.2, 0) is 9.59 Å². The lowest BCUT2D eigenvalue weighted by atomic mass is 10.3. The van der Waals surface area contributed by atoms with Gasteiger partial charge in [0.25, 0.3) is 5.91 Å². The lowest BCUT2D eigenvalue weighted by Crippen LogP contribution is -2.51. The third kappa shape index (κ3) is 5.28. The second-order valence-electron chi connectivity index (χ2n) is 6.22. The third-order valence-corrected chi connectivity index (χ3v) is 5.14. The van der Waals surface area contributed by atoms with Gasteiger partial charge in [-0.05, 0) is 35.7 Å². The fourth-order valence-electron chi connectivity index (χ4n) is 2.79. The van der Waals surface area contributed by atoms with E-state index in [-0.39, 0.29) is 30.8 Å². The predicted molar refractivity (Wildman–Crippen MR) is 103 cm³/mol. The minimum atomic E-state index is -0.359. The number of hydrogen-bond donors (Lipinski definition) is 1. The molecule has 9 heteroatoms. The number of rotatable bonds is 6. The SMILES string of the molecule is N#Cc1ccsc1NC(=O)CN1CCN(C(=O)COc2ccc(F)cc2)CC1. The van der Waals surface area contributed by atoms with Crippen molar-refractivity contribution in [3.63, 3.8) is 0 Å². The molecule has 7 nitrogen and oxygen atoms in total. The molecule has 1 aliphatic heterocycles. The fraction of sp³-hybridized carbons (Fsp3) is 0.316. The van der Waals surface area contributed by atoms with E-state index in [0.717, 1.165) is 0 Å². The molecule has 3 rings (SSSR count). The Morgan fingerprint density at radius 3 is 2.57 bits per heavy atom. The van der Waals surface area contributed by atoms with Crippen LogP contribution in [0.5, 0.6) is 5.75 Å². The summed E-state index contributed by atoms with van der Waals surface area (Å²) >= 11 is 1.31. The van der Waals surface area contributed by atoms with Crippen LogP contribution in [0.1, 0.15) is 5.56 Å². The van der Waals surface area contributed by atoms with Crippen LogP contribution in [0.25, 0.3) is 0 Å². The molecule has 2 heterocycles. The van der Waals surface area contributed by atoms with E-state index in [1.807, 2.05) is 11.0 Å². The first-order valence-electron chi connectivity index (χ1n) is 8.71. The van der Waals surface area contributed by atoms with E-state index in [4.69, 9.17) is 10.00 Å². The lowest BCUT2D eigenvalue weighted by Gasteiger charge is -2.34. The van der Waals surface area contributed by atoms with Gasteiger partial charge in [-0.15, -0.1) is 11.3 Å². The minimum absolute atomic E-state index is 0.110. The van der Waals surface area contributed by atoms with Crippen LogP contribution in [0.4, 0.5) is 9.39 Å². The number of nitrogens with zero attached hydrogens (tertiary/aromatic N) is 3. The molecule has 0 spiro atoms. The molecule has 0 unspecified atom stereocenters. The van der Waals surface area contributed by atoms with Crippen LogP contribution in [-0.4, -0.2) is 60.9 Å². The smallest absolute Gasteiger partial charge is 0.260 e. The molecular weight excluding hydrogens is 383 g/mol. The highest BCUT2D eigenvalue weighted by molar-refractivity contribution is 7.14. The zero-order valence-corrected chi connectivity index (χ0v) is 15.9. The summed E-state index contributed by atoms with van der Waals surface area (Å²) in [6.45, 7) is 2.25. The van der Waals surface area contributed by atoms with E-state index < -0.39 is 0 Å². The van der Waals surface area contributed by atoms with Crippen LogP contribution >= 0.6 is 11.3 Å². The van der Waals surface area contributed by atoms with Gasteiger partial charge in [0.1, 0.15) is 22.6 Å². The van der Waals surface area contributed by atoms with Gasteiger partial charge in [-0.1, -0.05) is 0 Å². The van der Waals surface area contributed by atoms with Crippen molar-refractivity contribution in [3.05, 3.63) is 47.1 Å². The van der Waals surface area contributed by atoms with Crippen LogP contribution < -0.4 is 10.1 Å². The molecule has 2 aromatic rings. The van der Waals surface area contributed by atoms with E-state index in [9.17, 15) is 14.0 Å². The molecule has 146 valence electrons. The van der Waals surface area contributed by atoms with Crippen molar-refractivity contribution in [2.45, 2.75) is 0 Å². The summed E-state index contributed by atoms with van der Waals surface area (Å²) in [4.78, 5) is 28.1. The Bertz CT molecular complexity index is 870. The zero-order valence-electron chi connectivity index (χ0n) is 15.1. The van der Waals surface area contributed by atoms with Crippen molar-refractivity contribution < 1.29 is 18.7 Å². The number of ether oxygens (including phenoxy) is 1. The largest absolute Gasteiger partial charge is 0.484 e. The van der Waals surface area contributed by atoms with Crippen molar-refractivity contribution >= 4 is 28.2 Å². The average Bonchev–Trinajstić information content (AvgIpc) is 3.14. The molecule has 0 bridgehead atoms. The monoisotopic (exact) mass is 402 g/mol. The zero-order chi connectivity index (χ0) is 19.9. The van der Waals surface area contributed by atoms with Crippen molar-refractivity contribution in [3.8, 4) is 11.8 Å². The Labute approximate surface area is 165 Å². The second kappa shape index (κ2) is 9.30. The number of carbonyl (C=O) groups is 2. The molecule has 28 heavy (non-hydrogen) atoms. The van der Waals surface area contributed by atoms with E-state index in [2.05, 4.69) is 5.32 Å². The first-order chi connectivity index (χ1) is 13.5. The maximum Gasteiger partial charge on any atom is 0.260 e. The summed E-state index contributed by atoms with van der Waals surface area (Å²) in [5.74, 6) is -0.249. The Morgan fingerprint density at radius 1 is 1.18 bits per heavy atom. The predicted octanol–water partition coefficient (Wildman–Crippen LogP) is 1.92. The summed E-state index contributed by atoms with van der Waals surface area (Å²) in [6.07, 6.45) is 0. The fourth-order valence-corrected chi connectivity index (χ4v) is 3.54. The number of nitriles is 1. The Balaban J connectivity index is 1.40. The first-order valence-corrected chi connectivity index (χ1v) is 9.59. The van der Waals surface area contributed by atoms with Gasteiger partial charge < -0.3 is 15.0 Å². The van der Waals surface area contributed by atoms with Gasteiger partial charge >= 0.3 is 0 Å². The Hall–Kier alpha value is -2.96. The van der Waals surface area contributed by atoms with Crippen molar-refractivity contribution in [1.29, 1.82) is 5.26 Å². The van der Waals surface area contributed by atoms with Crippen LogP contribution in [0.2, 0.25) is 0 Å². The van der Waals surface area contributed by atoms with E-state index in [1.165, 1.54) is 35.6 Å². The standard InChI is InChI=1S/C19H19FN4O3S/c20-15-1-3-16(4-2-15)27-13-18(26)24-8-6-23(7-9-24)12-17(25)22-19-14(11-21)5-10-28-19/h1-5,10H,6-9,12-13H2,(H,22,25). The number of benzene rings is 1. The summed E-state index contributed by atoms with van der Waals surface area (Å²) in [7, 11) is 0. The molecule has 1 aromatic heterocycles. The molecule has 1 aromatic carbocycles. The topological polar surface area (TPSA) is 85.7 Å². The highest BCUT2D eigenvalue weighted by atomic mass is 32.1. The third-order valence-electron chi connectivity index (χ3n) is 4.31. The number of halogens is 1. The molecule has 1 saturated heterocycles. The lowest BCUT2D eigenvalue weighted by molar-refractivity contribution is -0.135. The van der Waals surface area contributed by atoms with Gasteiger partial charge in [0.05, 0.1) is 12.1 Å². The summed E-state index contributed by atoms with van der Waals surface area (Å²) in [5, 5.41) is 14.0. The van der Waals surface area contributed by atoms with E-state index in [0.29, 0.717) is 42.5 Å². The molecule has 2 amide bonds. The highest BCUT2D eigenvalue weighted by Gasteiger charge is 2.23. The number of amides is 2. The average molecular weight is 402 g/mol. The molecule has 1 aliphatic rings. The first kappa shape index (κ1) is 19.8. The van der Waals surface area contributed by atoms with E-state index >= 15 is 0 Å². The molecule has 1 N–H and O–H groups in total. The van der Waals surface area contributed by atoms with Crippen LogP contribution in [0.3, 0.4) is 0 Å². The number of nitrogens with one attached hydrogen (secondary N) is 1. The maximum atomic E-state index is 12.9. The normalized spacial score (nSPS) is 14.4. The Kier molecular flexibility index (Phi) is 6.57. The Morgan fingerprint density at radius 2 is 1.89 bits per heavy atom. The van der Waals surface area contributed by atoms with Gasteiger partial charge in [-0.2, -0.15) is 5.26 Å². The number of carbonyl (C=O) groups excluding carboxylic acids is 2. The van der Waals surface area contributed by atoms with Crippen molar-refractivity contribution in [2.24, 2.45) is 0 Å². The van der Waals surface area contributed by atoms with Gasteiger partial charge in [0.2, 0.25) is 5.91 Å². The molecule has 0 atom stereocenters. The number of piperazine rings is 1. The van der Waals surface area contributed by atoms with Crippen molar-refractivity contribution in [2.75, 3.05) is 44.6 Å². The summed E-state index contributed by atoms with van der Waals surface area (Å²) in [6, 6.07) is 9.21. The van der Waals surface area contributed by atoms with Gasteiger partial charge in [0, 0.05) is 26.2 Å². The number of hydrogen-bond acceptors (Lipinski definition) is 6. The second-order valence-corrected chi connectivity index (χ2v) is 7.14. The quantitative estimate of drug-likeness (QED) is 0.798. The van der Waals surface area contributed by atoms with Crippen LogP contribution in [0.15, 0.2) is 35.7 Å². The molecule has 0 aliphatic carbocycles. The maximum absolute atomic E-state index is 12.9. The van der Waals surface area contributed by atoms with Gasteiger partial charge in [0.15, 0.2) is 6.61 Å². The highest BCUT2D eigenvalue weighted by Crippen LogP contribution is 2.22. The van der Waals surface area contributed by atoms with Crippen molar-refractivity contribution in [1.82, 2.24) is 9.80 Å². The molecule has 0 radical (unpaired) electrons. The molecule has 1 fully saturated rings. The van der Waals surface area contributed by atoms with Gasteiger partial charge in [-0.3, -0.25) is 14.5 Å². The van der Waals surface area contributed by atoms with Gasteiger partial charge in [-0.25, -0.2) is 4.39 Å². The number of thiophene rings is 1.